The van der Waals surface area contributed by atoms with Gasteiger partial charge in [-0.25, -0.2) is 4.39 Å². The van der Waals surface area contributed by atoms with E-state index in [1.54, 1.807) is 13.0 Å². The monoisotopic (exact) mass is 197 g/mol. The van der Waals surface area contributed by atoms with Gasteiger partial charge < -0.3 is 10.8 Å². The van der Waals surface area contributed by atoms with E-state index in [9.17, 15) is 9.50 Å². The predicted octanol–water partition coefficient (Wildman–Crippen LogP) is 2.12. The second-order valence-electron chi connectivity index (χ2n) is 4.41. The molecule has 0 heterocycles. The molecule has 0 amide bonds. The molecule has 0 saturated heterocycles. The first-order valence-electron chi connectivity index (χ1n) is 4.56. The number of hydrogen-bond donors (Lipinski definition) is 2. The van der Waals surface area contributed by atoms with Crippen LogP contribution in [0, 0.1) is 12.7 Å². The summed E-state index contributed by atoms with van der Waals surface area (Å²) in [5.74, 6) is -0.854. The van der Waals surface area contributed by atoms with E-state index in [4.69, 9.17) is 5.73 Å². The summed E-state index contributed by atoms with van der Waals surface area (Å²) in [6.07, 6.45) is 0.613. The summed E-state index contributed by atoms with van der Waals surface area (Å²) in [5, 5.41) is 9.26. The predicted molar refractivity (Wildman–Crippen MR) is 54.8 cm³/mol. The van der Waals surface area contributed by atoms with Crippen molar-refractivity contribution in [2.45, 2.75) is 32.7 Å². The minimum atomic E-state index is -0.552. The fourth-order valence-electron chi connectivity index (χ4n) is 1.45. The Bertz CT molecular complexity index is 319. The quantitative estimate of drug-likeness (QED) is 0.762. The van der Waals surface area contributed by atoms with Gasteiger partial charge in [0.15, 0.2) is 11.6 Å². The van der Waals surface area contributed by atoms with Crippen LogP contribution in [0.4, 0.5) is 4.39 Å². The molecule has 1 aromatic carbocycles. The molecule has 1 rings (SSSR count). The molecule has 0 radical (unpaired) electrons. The number of phenolic OH excluding ortho intramolecular Hbond substituents is 1. The van der Waals surface area contributed by atoms with Crippen molar-refractivity contribution in [1.29, 1.82) is 0 Å². The Morgan fingerprint density at radius 2 is 2.00 bits per heavy atom. The Kier molecular flexibility index (Phi) is 2.81. The van der Waals surface area contributed by atoms with Crippen molar-refractivity contribution in [3.05, 3.63) is 29.1 Å². The van der Waals surface area contributed by atoms with Crippen LogP contribution in [0.15, 0.2) is 12.1 Å². The average Bonchev–Trinajstić information content (AvgIpc) is 1.96. The van der Waals surface area contributed by atoms with E-state index in [2.05, 4.69) is 0 Å². The lowest BCUT2D eigenvalue weighted by Crippen LogP contribution is -2.34. The zero-order chi connectivity index (χ0) is 10.9. The molecule has 0 atom stereocenters. The smallest absolute Gasteiger partial charge is 0.167 e. The van der Waals surface area contributed by atoms with E-state index in [0.29, 0.717) is 12.0 Å². The molecule has 2 nitrogen and oxygen atoms in total. The van der Waals surface area contributed by atoms with Crippen LogP contribution < -0.4 is 5.73 Å². The first-order chi connectivity index (χ1) is 6.29. The number of aromatic hydroxyl groups is 1. The lowest BCUT2D eigenvalue weighted by atomic mass is 9.95. The van der Waals surface area contributed by atoms with Crippen molar-refractivity contribution >= 4 is 0 Å². The molecule has 0 aromatic heterocycles. The summed E-state index contributed by atoms with van der Waals surface area (Å²) in [6, 6.07) is 3.14. The second-order valence-corrected chi connectivity index (χ2v) is 4.41. The molecular formula is C11H16FNO. The Morgan fingerprint density at radius 3 is 2.43 bits per heavy atom. The molecule has 0 unspecified atom stereocenters. The molecule has 0 saturated carbocycles. The molecule has 78 valence electrons. The van der Waals surface area contributed by atoms with E-state index in [1.807, 2.05) is 13.8 Å². The highest BCUT2D eigenvalue weighted by Crippen LogP contribution is 2.23. The SMILES string of the molecule is Cc1cc(CC(C)(C)N)cc(O)c1F. The molecule has 3 N–H and O–H groups in total. The van der Waals surface area contributed by atoms with E-state index < -0.39 is 5.82 Å². The second kappa shape index (κ2) is 3.58. The van der Waals surface area contributed by atoms with Gasteiger partial charge >= 0.3 is 0 Å². The highest BCUT2D eigenvalue weighted by molar-refractivity contribution is 5.35. The summed E-state index contributed by atoms with van der Waals surface area (Å²) in [6.45, 7) is 5.41. The number of nitrogens with two attached hydrogens (primary N) is 1. The number of halogens is 1. The zero-order valence-corrected chi connectivity index (χ0v) is 8.76. The maximum absolute atomic E-state index is 13.1. The van der Waals surface area contributed by atoms with Crippen molar-refractivity contribution in [3.63, 3.8) is 0 Å². The number of aryl methyl sites for hydroxylation is 1. The number of benzene rings is 1. The Hall–Kier alpha value is -1.09. The maximum Gasteiger partial charge on any atom is 0.167 e. The third-order valence-corrected chi connectivity index (χ3v) is 1.95. The average molecular weight is 197 g/mol. The topological polar surface area (TPSA) is 46.2 Å². The van der Waals surface area contributed by atoms with Gasteiger partial charge in [-0.3, -0.25) is 0 Å². The lowest BCUT2D eigenvalue weighted by Gasteiger charge is -2.18. The highest BCUT2D eigenvalue weighted by atomic mass is 19.1. The molecular weight excluding hydrogens is 181 g/mol. The van der Waals surface area contributed by atoms with Gasteiger partial charge in [0.25, 0.3) is 0 Å². The van der Waals surface area contributed by atoms with Crippen molar-refractivity contribution in [1.82, 2.24) is 0 Å². The Balaban J connectivity index is 3.02. The number of phenols is 1. The van der Waals surface area contributed by atoms with Gasteiger partial charge in [-0.1, -0.05) is 6.07 Å². The van der Waals surface area contributed by atoms with Crippen LogP contribution in [0.5, 0.6) is 5.75 Å². The number of hydrogen-bond acceptors (Lipinski definition) is 2. The zero-order valence-electron chi connectivity index (χ0n) is 8.76. The first kappa shape index (κ1) is 11.0. The van der Waals surface area contributed by atoms with Gasteiger partial charge in [0.2, 0.25) is 0 Å². The molecule has 14 heavy (non-hydrogen) atoms. The van der Waals surface area contributed by atoms with Crippen LogP contribution >= 0.6 is 0 Å². The fourth-order valence-corrected chi connectivity index (χ4v) is 1.45. The Labute approximate surface area is 83.6 Å². The van der Waals surface area contributed by atoms with E-state index >= 15 is 0 Å². The Morgan fingerprint density at radius 1 is 1.43 bits per heavy atom. The molecule has 0 aliphatic carbocycles. The standard InChI is InChI=1S/C11H16FNO/c1-7-4-8(6-11(2,3)13)5-9(14)10(7)12/h4-5,14H,6,13H2,1-3H3. The largest absolute Gasteiger partial charge is 0.505 e. The molecule has 0 aliphatic rings. The van der Waals surface area contributed by atoms with Crippen LogP contribution in [-0.4, -0.2) is 10.6 Å². The fraction of sp³-hybridized carbons (Fsp3) is 0.455. The van der Waals surface area contributed by atoms with Gasteiger partial charge in [-0.05, 0) is 44.4 Å². The summed E-state index contributed by atoms with van der Waals surface area (Å²) in [5.41, 5.74) is 6.78. The van der Waals surface area contributed by atoms with E-state index in [-0.39, 0.29) is 11.3 Å². The van der Waals surface area contributed by atoms with E-state index in [1.165, 1.54) is 6.07 Å². The highest BCUT2D eigenvalue weighted by Gasteiger charge is 2.14. The van der Waals surface area contributed by atoms with Crippen LogP contribution in [0.1, 0.15) is 25.0 Å². The molecule has 1 aromatic rings. The third-order valence-electron chi connectivity index (χ3n) is 1.95. The van der Waals surface area contributed by atoms with E-state index in [0.717, 1.165) is 5.56 Å². The van der Waals surface area contributed by atoms with Crippen LogP contribution in [0.3, 0.4) is 0 Å². The van der Waals surface area contributed by atoms with Crippen molar-refractivity contribution in [2.75, 3.05) is 0 Å². The minimum absolute atomic E-state index is 0.302. The molecule has 0 fully saturated rings. The normalized spacial score (nSPS) is 11.8. The third kappa shape index (κ3) is 2.70. The number of rotatable bonds is 2. The minimum Gasteiger partial charge on any atom is -0.505 e. The van der Waals surface area contributed by atoms with Gasteiger partial charge in [-0.15, -0.1) is 0 Å². The van der Waals surface area contributed by atoms with Crippen LogP contribution in [0.2, 0.25) is 0 Å². The first-order valence-corrected chi connectivity index (χ1v) is 4.56. The van der Waals surface area contributed by atoms with Gasteiger partial charge in [-0.2, -0.15) is 0 Å². The summed E-state index contributed by atoms with van der Waals surface area (Å²) in [4.78, 5) is 0. The molecule has 0 spiro atoms. The van der Waals surface area contributed by atoms with Gasteiger partial charge in [0.05, 0.1) is 0 Å². The van der Waals surface area contributed by atoms with Gasteiger partial charge in [0.1, 0.15) is 0 Å². The maximum atomic E-state index is 13.1. The van der Waals surface area contributed by atoms with Crippen LogP contribution in [-0.2, 0) is 6.42 Å². The van der Waals surface area contributed by atoms with Crippen molar-refractivity contribution in [2.24, 2.45) is 5.73 Å². The molecule has 3 heteroatoms. The summed E-state index contributed by atoms with van der Waals surface area (Å²) >= 11 is 0. The lowest BCUT2D eigenvalue weighted by molar-refractivity contribution is 0.427. The summed E-state index contributed by atoms with van der Waals surface area (Å²) < 4.78 is 13.1. The summed E-state index contributed by atoms with van der Waals surface area (Å²) in [7, 11) is 0. The molecule has 0 bridgehead atoms. The van der Waals surface area contributed by atoms with Gasteiger partial charge in [0, 0.05) is 5.54 Å². The molecule has 0 aliphatic heterocycles. The van der Waals surface area contributed by atoms with Crippen molar-refractivity contribution in [3.8, 4) is 5.75 Å². The van der Waals surface area contributed by atoms with Crippen molar-refractivity contribution < 1.29 is 9.50 Å². The van der Waals surface area contributed by atoms with Crippen LogP contribution in [0.25, 0.3) is 0 Å².